The van der Waals surface area contributed by atoms with E-state index >= 15 is 0 Å². The van der Waals surface area contributed by atoms with Gasteiger partial charge in [0.1, 0.15) is 16.4 Å². The van der Waals surface area contributed by atoms with E-state index in [4.69, 9.17) is 9.47 Å². The van der Waals surface area contributed by atoms with Gasteiger partial charge in [-0.1, -0.05) is 13.0 Å². The van der Waals surface area contributed by atoms with E-state index in [1.54, 1.807) is 38.1 Å². The molecule has 0 aliphatic rings. The van der Waals surface area contributed by atoms with Crippen LogP contribution in [0.3, 0.4) is 0 Å². The third-order valence-corrected chi connectivity index (χ3v) is 5.35. The molecule has 0 radical (unpaired) electrons. The van der Waals surface area contributed by atoms with E-state index in [1.807, 2.05) is 6.92 Å². The topological polar surface area (TPSA) is 93.7 Å². The Morgan fingerprint density at radius 3 is 2.54 bits per heavy atom. The van der Waals surface area contributed by atoms with Gasteiger partial charge in [-0.25, -0.2) is 13.1 Å². The van der Waals surface area contributed by atoms with E-state index in [0.29, 0.717) is 18.0 Å². The van der Waals surface area contributed by atoms with Crippen LogP contribution in [-0.4, -0.2) is 34.1 Å². The first-order valence-electron chi connectivity index (χ1n) is 9.01. The maximum Gasteiger partial charge on any atom is 0.255 e. The number of hydrogen-bond acceptors (Lipinski definition) is 5. The molecule has 0 atom stereocenters. The van der Waals surface area contributed by atoms with Gasteiger partial charge in [0.25, 0.3) is 5.91 Å². The fraction of sp³-hybridized carbons (Fsp3) is 0.350. The predicted octanol–water partition coefficient (Wildman–Crippen LogP) is 3.42. The number of methoxy groups -OCH3 is 1. The number of benzene rings is 2. The molecule has 2 N–H and O–H groups in total. The van der Waals surface area contributed by atoms with Gasteiger partial charge in [0.2, 0.25) is 10.0 Å². The molecule has 28 heavy (non-hydrogen) atoms. The molecule has 0 fully saturated rings. The van der Waals surface area contributed by atoms with E-state index in [0.717, 1.165) is 6.42 Å². The van der Waals surface area contributed by atoms with Crippen LogP contribution in [0.5, 0.6) is 11.5 Å². The van der Waals surface area contributed by atoms with E-state index in [-0.39, 0.29) is 22.3 Å². The van der Waals surface area contributed by atoms with Crippen LogP contribution in [0.4, 0.5) is 5.69 Å². The molecule has 0 aliphatic carbocycles. The molecule has 0 unspecified atom stereocenters. The van der Waals surface area contributed by atoms with Crippen molar-refractivity contribution in [3.8, 4) is 11.5 Å². The fourth-order valence-corrected chi connectivity index (χ4v) is 3.93. The molecular weight excluding hydrogens is 380 g/mol. The molecule has 0 heterocycles. The van der Waals surface area contributed by atoms with Crippen LogP contribution < -0.4 is 19.5 Å². The molecule has 0 saturated heterocycles. The zero-order chi connectivity index (χ0) is 20.7. The minimum atomic E-state index is -3.82. The first-order valence-corrected chi connectivity index (χ1v) is 10.5. The molecule has 2 rings (SSSR count). The maximum atomic E-state index is 12.6. The van der Waals surface area contributed by atoms with E-state index < -0.39 is 15.9 Å². The first-order chi connectivity index (χ1) is 13.3. The molecule has 0 saturated carbocycles. The lowest BCUT2D eigenvalue weighted by molar-refractivity contribution is 0.102. The van der Waals surface area contributed by atoms with Crippen LogP contribution >= 0.6 is 0 Å². The van der Waals surface area contributed by atoms with E-state index in [2.05, 4.69) is 10.0 Å². The highest BCUT2D eigenvalue weighted by atomic mass is 32.2. The molecular formula is C20H26N2O5S. The Kier molecular flexibility index (Phi) is 7.42. The number of hydrogen-bond donors (Lipinski definition) is 2. The second-order valence-electron chi connectivity index (χ2n) is 6.47. The van der Waals surface area contributed by atoms with Crippen molar-refractivity contribution in [2.75, 3.05) is 19.0 Å². The summed E-state index contributed by atoms with van der Waals surface area (Å²) in [6.07, 6.45) is 0.879. The van der Waals surface area contributed by atoms with E-state index in [9.17, 15) is 13.2 Å². The van der Waals surface area contributed by atoms with Crippen molar-refractivity contribution in [3.05, 3.63) is 48.0 Å². The molecule has 0 aromatic heterocycles. The summed E-state index contributed by atoms with van der Waals surface area (Å²) in [5, 5.41) is 2.76. The summed E-state index contributed by atoms with van der Waals surface area (Å²) in [5.41, 5.74) is 0.754. The lowest BCUT2D eigenvalue weighted by Gasteiger charge is -2.14. The van der Waals surface area contributed by atoms with Crippen molar-refractivity contribution < 1.29 is 22.7 Å². The van der Waals surface area contributed by atoms with Gasteiger partial charge < -0.3 is 14.8 Å². The number of amides is 1. The van der Waals surface area contributed by atoms with Crippen LogP contribution in [0.25, 0.3) is 0 Å². The lowest BCUT2D eigenvalue weighted by Crippen LogP contribution is -2.30. The van der Waals surface area contributed by atoms with Crippen LogP contribution in [-0.2, 0) is 10.0 Å². The van der Waals surface area contributed by atoms with Gasteiger partial charge in [0.05, 0.1) is 13.7 Å². The third kappa shape index (κ3) is 5.71. The molecule has 2 aromatic rings. The Bertz CT molecular complexity index is 926. The molecule has 8 heteroatoms. The summed E-state index contributed by atoms with van der Waals surface area (Å²) in [4.78, 5) is 12.5. The summed E-state index contributed by atoms with van der Waals surface area (Å²) in [6, 6.07) is 11.0. The van der Waals surface area contributed by atoms with Crippen molar-refractivity contribution >= 4 is 21.6 Å². The Morgan fingerprint density at radius 1 is 1.14 bits per heavy atom. The molecule has 0 aliphatic heterocycles. The van der Waals surface area contributed by atoms with Gasteiger partial charge in [0, 0.05) is 23.4 Å². The van der Waals surface area contributed by atoms with Crippen molar-refractivity contribution in [2.45, 2.75) is 38.1 Å². The SMILES string of the molecule is CCCOc1cccc(NC(=O)c2ccc(OC)c(S(=O)(=O)NC(C)C)c2)c1. The van der Waals surface area contributed by atoms with Crippen molar-refractivity contribution in [1.29, 1.82) is 0 Å². The smallest absolute Gasteiger partial charge is 0.255 e. The molecule has 7 nitrogen and oxygen atoms in total. The lowest BCUT2D eigenvalue weighted by atomic mass is 10.2. The van der Waals surface area contributed by atoms with Gasteiger partial charge in [-0.2, -0.15) is 0 Å². The summed E-state index contributed by atoms with van der Waals surface area (Å²) in [6.45, 7) is 6.03. The van der Waals surface area contributed by atoms with Crippen LogP contribution in [0, 0.1) is 0 Å². The number of rotatable bonds is 9. The highest BCUT2D eigenvalue weighted by Gasteiger charge is 2.22. The number of sulfonamides is 1. The monoisotopic (exact) mass is 406 g/mol. The summed E-state index contributed by atoms with van der Waals surface area (Å²) < 4.78 is 38.3. The average molecular weight is 407 g/mol. The first kappa shape index (κ1) is 21.7. The fourth-order valence-electron chi connectivity index (χ4n) is 2.49. The number of carbonyl (C=O) groups excluding carboxylic acids is 1. The zero-order valence-corrected chi connectivity index (χ0v) is 17.3. The second kappa shape index (κ2) is 9.57. The van der Waals surface area contributed by atoms with Crippen LogP contribution in [0.15, 0.2) is 47.4 Å². The number of anilines is 1. The van der Waals surface area contributed by atoms with Gasteiger partial charge in [-0.15, -0.1) is 0 Å². The normalized spacial score (nSPS) is 11.3. The van der Waals surface area contributed by atoms with Crippen molar-refractivity contribution in [1.82, 2.24) is 4.72 Å². The predicted molar refractivity (Wildman–Crippen MR) is 109 cm³/mol. The average Bonchev–Trinajstić information content (AvgIpc) is 2.65. The molecule has 1 amide bonds. The minimum absolute atomic E-state index is 0.0867. The highest BCUT2D eigenvalue weighted by molar-refractivity contribution is 7.89. The van der Waals surface area contributed by atoms with Gasteiger partial charge in [-0.3, -0.25) is 4.79 Å². The summed E-state index contributed by atoms with van der Waals surface area (Å²) in [5.74, 6) is 0.384. The quantitative estimate of drug-likeness (QED) is 0.665. The standard InChI is InChI=1S/C20H26N2O5S/c1-5-11-27-17-8-6-7-16(13-17)21-20(23)15-9-10-18(26-4)19(12-15)28(24,25)22-14(2)3/h6-10,12-14,22H,5,11H2,1-4H3,(H,21,23). The number of ether oxygens (including phenoxy) is 2. The minimum Gasteiger partial charge on any atom is -0.495 e. The maximum absolute atomic E-state index is 12.6. The Morgan fingerprint density at radius 2 is 1.89 bits per heavy atom. The molecule has 152 valence electrons. The highest BCUT2D eigenvalue weighted by Crippen LogP contribution is 2.26. The number of nitrogens with one attached hydrogen (secondary N) is 2. The van der Waals surface area contributed by atoms with Gasteiger partial charge in [0.15, 0.2) is 0 Å². The summed E-state index contributed by atoms with van der Waals surface area (Å²) in [7, 11) is -2.44. The van der Waals surface area contributed by atoms with E-state index in [1.165, 1.54) is 25.3 Å². The zero-order valence-electron chi connectivity index (χ0n) is 16.5. The Hall–Kier alpha value is -2.58. The summed E-state index contributed by atoms with van der Waals surface area (Å²) >= 11 is 0. The number of carbonyl (C=O) groups is 1. The van der Waals surface area contributed by atoms with Crippen LogP contribution in [0.2, 0.25) is 0 Å². The molecule has 2 aromatic carbocycles. The Balaban J connectivity index is 2.28. The largest absolute Gasteiger partial charge is 0.495 e. The van der Waals surface area contributed by atoms with Crippen molar-refractivity contribution in [2.24, 2.45) is 0 Å². The van der Waals surface area contributed by atoms with Gasteiger partial charge in [-0.05, 0) is 50.6 Å². The van der Waals surface area contributed by atoms with Crippen molar-refractivity contribution in [3.63, 3.8) is 0 Å². The third-order valence-electron chi connectivity index (χ3n) is 3.67. The van der Waals surface area contributed by atoms with Gasteiger partial charge >= 0.3 is 0 Å². The second-order valence-corrected chi connectivity index (χ2v) is 8.15. The van der Waals surface area contributed by atoms with Crippen LogP contribution in [0.1, 0.15) is 37.6 Å². The Labute approximate surface area is 166 Å². The molecule has 0 bridgehead atoms. The molecule has 0 spiro atoms.